The standard InChI is InChI=1S/C23H18ClF3N2O3S/c24-17-6-9-19(10-7-17)33(31,32)29-12-11-15-5-8-18(13-16(15)14-29)28-22(30)20-3-1-2-4-21(20)23(25,26)27/h1-10,13H,11-12,14H2,(H,28,30). The summed E-state index contributed by atoms with van der Waals surface area (Å²) >= 11 is 5.85. The smallest absolute Gasteiger partial charge is 0.322 e. The van der Waals surface area contributed by atoms with Crippen LogP contribution in [-0.2, 0) is 29.2 Å². The molecule has 0 atom stereocenters. The molecule has 0 aromatic heterocycles. The zero-order valence-electron chi connectivity index (χ0n) is 17.1. The summed E-state index contributed by atoms with van der Waals surface area (Å²) in [4.78, 5) is 12.7. The Morgan fingerprint density at radius 1 is 0.970 bits per heavy atom. The topological polar surface area (TPSA) is 66.5 Å². The molecule has 0 fully saturated rings. The third-order valence-corrected chi connectivity index (χ3v) is 7.48. The van der Waals surface area contributed by atoms with Gasteiger partial charge in [0, 0.05) is 23.8 Å². The first-order chi connectivity index (χ1) is 15.6. The average molecular weight is 495 g/mol. The zero-order valence-corrected chi connectivity index (χ0v) is 18.6. The van der Waals surface area contributed by atoms with Crippen molar-refractivity contribution in [1.82, 2.24) is 4.31 Å². The molecular formula is C23H18ClF3N2O3S. The van der Waals surface area contributed by atoms with E-state index in [1.165, 1.54) is 40.7 Å². The lowest BCUT2D eigenvalue weighted by molar-refractivity contribution is -0.137. The Bertz CT molecular complexity index is 1310. The number of fused-ring (bicyclic) bond motifs is 1. The van der Waals surface area contributed by atoms with Gasteiger partial charge in [-0.05, 0) is 66.1 Å². The quantitative estimate of drug-likeness (QED) is 0.531. The highest BCUT2D eigenvalue weighted by atomic mass is 35.5. The van der Waals surface area contributed by atoms with Crippen molar-refractivity contribution < 1.29 is 26.4 Å². The number of sulfonamides is 1. The van der Waals surface area contributed by atoms with Crippen LogP contribution in [-0.4, -0.2) is 25.2 Å². The number of anilines is 1. The second kappa shape index (κ2) is 8.81. The molecule has 1 N–H and O–H groups in total. The molecule has 0 spiro atoms. The van der Waals surface area contributed by atoms with E-state index in [2.05, 4.69) is 5.32 Å². The molecule has 0 radical (unpaired) electrons. The van der Waals surface area contributed by atoms with Crippen molar-refractivity contribution in [3.05, 3.63) is 94.0 Å². The molecule has 33 heavy (non-hydrogen) atoms. The van der Waals surface area contributed by atoms with E-state index < -0.39 is 33.2 Å². The number of rotatable bonds is 4. The van der Waals surface area contributed by atoms with Crippen molar-refractivity contribution in [3.63, 3.8) is 0 Å². The van der Waals surface area contributed by atoms with Crippen LogP contribution < -0.4 is 5.32 Å². The van der Waals surface area contributed by atoms with Gasteiger partial charge in [0.15, 0.2) is 0 Å². The fourth-order valence-electron chi connectivity index (χ4n) is 3.70. The van der Waals surface area contributed by atoms with Gasteiger partial charge in [0.2, 0.25) is 10.0 Å². The zero-order chi connectivity index (χ0) is 23.8. The van der Waals surface area contributed by atoms with E-state index in [1.54, 1.807) is 18.2 Å². The van der Waals surface area contributed by atoms with E-state index >= 15 is 0 Å². The van der Waals surface area contributed by atoms with Crippen LogP contribution in [0.25, 0.3) is 0 Å². The second-order valence-electron chi connectivity index (χ2n) is 7.52. The van der Waals surface area contributed by atoms with Crippen LogP contribution in [0.5, 0.6) is 0 Å². The number of halogens is 4. The Hall–Kier alpha value is -2.88. The lowest BCUT2D eigenvalue weighted by atomic mass is 10.00. The van der Waals surface area contributed by atoms with Gasteiger partial charge in [0.25, 0.3) is 5.91 Å². The number of nitrogens with one attached hydrogen (secondary N) is 1. The number of alkyl halides is 3. The summed E-state index contributed by atoms with van der Waals surface area (Å²) in [7, 11) is -3.76. The van der Waals surface area contributed by atoms with Crippen LogP contribution in [0.4, 0.5) is 18.9 Å². The minimum absolute atomic E-state index is 0.0726. The molecule has 5 nitrogen and oxygen atoms in total. The number of benzene rings is 3. The minimum Gasteiger partial charge on any atom is -0.322 e. The SMILES string of the molecule is O=C(Nc1ccc2c(c1)CN(S(=O)(=O)c1ccc(Cl)cc1)CC2)c1ccccc1C(F)(F)F. The Kier molecular flexibility index (Phi) is 6.22. The van der Waals surface area contributed by atoms with Crippen molar-refractivity contribution >= 4 is 33.2 Å². The van der Waals surface area contributed by atoms with Crippen molar-refractivity contribution in [2.24, 2.45) is 0 Å². The molecule has 3 aromatic carbocycles. The van der Waals surface area contributed by atoms with Gasteiger partial charge >= 0.3 is 6.18 Å². The fourth-order valence-corrected chi connectivity index (χ4v) is 5.24. The lowest BCUT2D eigenvalue weighted by Crippen LogP contribution is -2.36. The van der Waals surface area contributed by atoms with Crippen LogP contribution in [0.2, 0.25) is 5.02 Å². The Balaban J connectivity index is 1.57. The van der Waals surface area contributed by atoms with Gasteiger partial charge in [-0.25, -0.2) is 8.42 Å². The van der Waals surface area contributed by atoms with Gasteiger partial charge in [-0.1, -0.05) is 29.8 Å². The predicted molar refractivity (Wildman–Crippen MR) is 119 cm³/mol. The van der Waals surface area contributed by atoms with Crippen LogP contribution in [0.15, 0.2) is 71.6 Å². The maximum atomic E-state index is 13.2. The Morgan fingerprint density at radius 2 is 1.67 bits per heavy atom. The summed E-state index contributed by atoms with van der Waals surface area (Å²) in [6.45, 7) is 0.353. The van der Waals surface area contributed by atoms with Crippen molar-refractivity contribution in [2.45, 2.75) is 24.0 Å². The highest BCUT2D eigenvalue weighted by molar-refractivity contribution is 7.89. The number of hydrogen-bond acceptors (Lipinski definition) is 3. The highest BCUT2D eigenvalue weighted by Crippen LogP contribution is 2.33. The van der Waals surface area contributed by atoms with E-state index in [-0.39, 0.29) is 23.7 Å². The first-order valence-electron chi connectivity index (χ1n) is 9.91. The molecular weight excluding hydrogens is 477 g/mol. The van der Waals surface area contributed by atoms with Gasteiger partial charge in [0.1, 0.15) is 0 Å². The maximum Gasteiger partial charge on any atom is 0.417 e. The van der Waals surface area contributed by atoms with Crippen molar-refractivity contribution in [1.29, 1.82) is 0 Å². The first-order valence-corrected chi connectivity index (χ1v) is 11.7. The van der Waals surface area contributed by atoms with E-state index in [0.29, 0.717) is 17.0 Å². The normalized spacial score (nSPS) is 14.5. The number of carbonyl (C=O) groups excluding carboxylic acids is 1. The maximum absolute atomic E-state index is 13.2. The summed E-state index contributed by atoms with van der Waals surface area (Å²) in [5, 5.41) is 2.91. The van der Waals surface area contributed by atoms with Gasteiger partial charge in [-0.2, -0.15) is 17.5 Å². The van der Waals surface area contributed by atoms with Gasteiger partial charge in [-0.15, -0.1) is 0 Å². The molecule has 3 aromatic rings. The molecule has 1 heterocycles. The molecule has 4 rings (SSSR count). The highest BCUT2D eigenvalue weighted by Gasteiger charge is 2.35. The second-order valence-corrected chi connectivity index (χ2v) is 9.90. The largest absolute Gasteiger partial charge is 0.417 e. The molecule has 0 bridgehead atoms. The summed E-state index contributed by atoms with van der Waals surface area (Å²) in [5.74, 6) is -0.899. The fraction of sp³-hybridized carbons (Fsp3) is 0.174. The molecule has 1 aliphatic rings. The lowest BCUT2D eigenvalue weighted by Gasteiger charge is -2.28. The van der Waals surface area contributed by atoms with Crippen LogP contribution >= 0.6 is 11.6 Å². The summed E-state index contributed by atoms with van der Waals surface area (Å²) in [6.07, 6.45) is -4.20. The molecule has 0 saturated heterocycles. The van der Waals surface area contributed by atoms with Crippen molar-refractivity contribution in [2.75, 3.05) is 11.9 Å². The van der Waals surface area contributed by atoms with Gasteiger partial charge in [-0.3, -0.25) is 4.79 Å². The molecule has 10 heteroatoms. The summed E-state index contributed by atoms with van der Waals surface area (Å²) < 4.78 is 67.0. The Labute approximate surface area is 193 Å². The molecule has 0 saturated carbocycles. The average Bonchev–Trinajstić information content (AvgIpc) is 2.78. The Morgan fingerprint density at radius 3 is 2.36 bits per heavy atom. The molecule has 1 amide bonds. The van der Waals surface area contributed by atoms with Crippen LogP contribution in [0.3, 0.4) is 0 Å². The van der Waals surface area contributed by atoms with Crippen molar-refractivity contribution in [3.8, 4) is 0 Å². The number of carbonyl (C=O) groups is 1. The number of hydrogen-bond donors (Lipinski definition) is 1. The van der Waals surface area contributed by atoms with Crippen LogP contribution in [0, 0.1) is 0 Å². The van der Waals surface area contributed by atoms with Gasteiger partial charge in [0.05, 0.1) is 16.0 Å². The van der Waals surface area contributed by atoms with Crippen LogP contribution in [0.1, 0.15) is 27.0 Å². The van der Waals surface area contributed by atoms with Gasteiger partial charge < -0.3 is 5.32 Å². The van der Waals surface area contributed by atoms with E-state index in [4.69, 9.17) is 11.6 Å². The summed E-state index contributed by atoms with van der Waals surface area (Å²) in [5.41, 5.74) is 0.337. The number of amides is 1. The van der Waals surface area contributed by atoms with E-state index in [9.17, 15) is 26.4 Å². The third-order valence-electron chi connectivity index (χ3n) is 5.37. The number of nitrogens with zero attached hydrogens (tertiary/aromatic N) is 1. The first kappa shape index (κ1) is 23.3. The molecule has 0 aliphatic carbocycles. The third kappa shape index (κ3) is 4.90. The predicted octanol–water partition coefficient (Wildman–Crippen LogP) is 5.36. The molecule has 1 aliphatic heterocycles. The summed E-state index contributed by atoms with van der Waals surface area (Å²) in [6, 6.07) is 15.3. The molecule has 0 unspecified atom stereocenters. The molecule has 172 valence electrons. The van der Waals surface area contributed by atoms with E-state index in [1.807, 2.05) is 0 Å². The monoisotopic (exact) mass is 494 g/mol. The minimum atomic E-state index is -4.67. The van der Waals surface area contributed by atoms with E-state index in [0.717, 1.165) is 17.7 Å².